The summed E-state index contributed by atoms with van der Waals surface area (Å²) in [5.74, 6) is 0. The topological polar surface area (TPSA) is 46.5 Å². The van der Waals surface area contributed by atoms with Gasteiger partial charge in [0.1, 0.15) is 0 Å². The van der Waals surface area contributed by atoms with Crippen molar-refractivity contribution < 1.29 is 14.0 Å². The maximum Gasteiger partial charge on any atom is 0.358 e. The predicted octanol–water partition coefficient (Wildman–Crippen LogP) is 1.14. The smallest absolute Gasteiger partial charge is 0.321 e. The molecule has 0 bridgehead atoms. The lowest BCUT2D eigenvalue weighted by Gasteiger charge is -2.07. The van der Waals surface area contributed by atoms with E-state index in [4.69, 9.17) is 4.89 Å². The van der Waals surface area contributed by atoms with E-state index in [1.807, 2.05) is 0 Å². The van der Waals surface area contributed by atoms with E-state index in [9.17, 15) is 4.57 Å². The van der Waals surface area contributed by atoms with E-state index in [2.05, 4.69) is 4.52 Å². The van der Waals surface area contributed by atoms with Gasteiger partial charge in [-0.05, 0) is 12.1 Å². The van der Waals surface area contributed by atoms with E-state index in [-0.39, 0.29) is 0 Å². The SMILES string of the molecule is COP(=O)(O)c1ccccc1. The standard InChI is InChI=1S/C7H9O3P/c1-10-11(8,9)7-5-3-2-4-6-7/h2-6H,1H3,(H,8,9). The van der Waals surface area contributed by atoms with Crippen molar-refractivity contribution in [3.8, 4) is 0 Å². The Balaban J connectivity index is 3.03. The Kier molecular flexibility index (Phi) is 2.45. The highest BCUT2D eigenvalue weighted by atomic mass is 31.2. The van der Waals surface area contributed by atoms with Crippen LogP contribution >= 0.6 is 7.60 Å². The van der Waals surface area contributed by atoms with Gasteiger partial charge in [0.15, 0.2) is 0 Å². The van der Waals surface area contributed by atoms with Crippen LogP contribution in [-0.4, -0.2) is 12.0 Å². The van der Waals surface area contributed by atoms with Crippen LogP contribution in [0, 0.1) is 0 Å². The van der Waals surface area contributed by atoms with Crippen LogP contribution in [0.2, 0.25) is 0 Å². The van der Waals surface area contributed by atoms with Crippen LogP contribution in [0.15, 0.2) is 30.3 Å². The van der Waals surface area contributed by atoms with Crippen molar-refractivity contribution in [3.63, 3.8) is 0 Å². The second-order valence-electron chi connectivity index (χ2n) is 2.04. The number of hydrogen-bond donors (Lipinski definition) is 1. The number of hydrogen-bond acceptors (Lipinski definition) is 2. The molecular formula is C7H9O3P. The monoisotopic (exact) mass is 172 g/mol. The Morgan fingerprint density at radius 2 is 1.91 bits per heavy atom. The third-order valence-corrected chi connectivity index (χ3v) is 2.78. The van der Waals surface area contributed by atoms with E-state index in [1.54, 1.807) is 30.3 Å². The molecule has 0 fully saturated rings. The van der Waals surface area contributed by atoms with Gasteiger partial charge in [-0.2, -0.15) is 0 Å². The summed E-state index contributed by atoms with van der Waals surface area (Å²) in [6, 6.07) is 8.28. The molecule has 0 aliphatic heterocycles. The zero-order valence-electron chi connectivity index (χ0n) is 6.10. The van der Waals surface area contributed by atoms with Gasteiger partial charge in [0.2, 0.25) is 0 Å². The summed E-state index contributed by atoms with van der Waals surface area (Å²) in [4.78, 5) is 9.13. The van der Waals surface area contributed by atoms with E-state index in [0.717, 1.165) is 0 Å². The van der Waals surface area contributed by atoms with Gasteiger partial charge in [0.05, 0.1) is 5.30 Å². The van der Waals surface area contributed by atoms with Gasteiger partial charge >= 0.3 is 7.60 Å². The lowest BCUT2D eigenvalue weighted by atomic mass is 10.4. The molecular weight excluding hydrogens is 163 g/mol. The first-order chi connectivity index (χ1) is 5.17. The molecule has 1 unspecified atom stereocenters. The second-order valence-corrected chi connectivity index (χ2v) is 3.96. The van der Waals surface area contributed by atoms with Gasteiger partial charge in [-0.15, -0.1) is 0 Å². The fraction of sp³-hybridized carbons (Fsp3) is 0.143. The molecule has 3 nitrogen and oxygen atoms in total. The van der Waals surface area contributed by atoms with Crippen molar-refractivity contribution >= 4 is 12.9 Å². The Morgan fingerprint density at radius 3 is 2.36 bits per heavy atom. The summed E-state index contributed by atoms with van der Waals surface area (Å²) < 4.78 is 15.6. The molecule has 1 aromatic rings. The van der Waals surface area contributed by atoms with Crippen LogP contribution in [0.4, 0.5) is 0 Å². The highest BCUT2D eigenvalue weighted by Gasteiger charge is 2.18. The maximum absolute atomic E-state index is 11.1. The van der Waals surface area contributed by atoms with E-state index >= 15 is 0 Å². The molecule has 0 saturated carbocycles. The molecule has 1 atom stereocenters. The van der Waals surface area contributed by atoms with Gasteiger partial charge in [-0.3, -0.25) is 4.57 Å². The number of rotatable bonds is 2. The van der Waals surface area contributed by atoms with E-state index in [1.165, 1.54) is 7.11 Å². The zero-order valence-corrected chi connectivity index (χ0v) is 6.99. The molecule has 0 spiro atoms. The lowest BCUT2D eigenvalue weighted by Crippen LogP contribution is -2.03. The molecule has 0 amide bonds. The average Bonchev–Trinajstić information content (AvgIpc) is 2.06. The van der Waals surface area contributed by atoms with E-state index in [0.29, 0.717) is 5.30 Å². The van der Waals surface area contributed by atoms with Crippen LogP contribution in [0.5, 0.6) is 0 Å². The Labute approximate surface area is 65.2 Å². The summed E-state index contributed by atoms with van der Waals surface area (Å²) in [6.45, 7) is 0. The van der Waals surface area contributed by atoms with Gasteiger partial charge in [-0.25, -0.2) is 0 Å². The molecule has 0 aliphatic carbocycles. The molecule has 0 radical (unpaired) electrons. The summed E-state index contributed by atoms with van der Waals surface area (Å²) in [7, 11) is -2.31. The third kappa shape index (κ3) is 1.90. The predicted molar refractivity (Wildman–Crippen MR) is 42.9 cm³/mol. The summed E-state index contributed by atoms with van der Waals surface area (Å²) in [5, 5.41) is 0.322. The summed E-state index contributed by atoms with van der Waals surface area (Å²) in [5.41, 5.74) is 0. The number of benzene rings is 1. The van der Waals surface area contributed by atoms with Gasteiger partial charge in [0.25, 0.3) is 0 Å². The Bertz CT molecular complexity index is 270. The molecule has 4 heteroatoms. The van der Waals surface area contributed by atoms with Gasteiger partial charge in [0, 0.05) is 7.11 Å². The van der Waals surface area contributed by atoms with Crippen molar-refractivity contribution in [1.29, 1.82) is 0 Å². The van der Waals surface area contributed by atoms with Crippen molar-refractivity contribution in [2.24, 2.45) is 0 Å². The molecule has 0 heterocycles. The second kappa shape index (κ2) is 3.18. The van der Waals surface area contributed by atoms with Crippen molar-refractivity contribution in [1.82, 2.24) is 0 Å². The molecule has 1 aromatic carbocycles. The maximum atomic E-state index is 11.1. The Hall–Kier alpha value is -0.630. The normalized spacial score (nSPS) is 15.8. The van der Waals surface area contributed by atoms with Crippen LogP contribution in [0.3, 0.4) is 0 Å². The largest absolute Gasteiger partial charge is 0.358 e. The van der Waals surface area contributed by atoms with Crippen LogP contribution < -0.4 is 5.30 Å². The van der Waals surface area contributed by atoms with Crippen LogP contribution in [0.25, 0.3) is 0 Å². The first-order valence-electron chi connectivity index (χ1n) is 3.11. The quantitative estimate of drug-likeness (QED) is 0.680. The van der Waals surface area contributed by atoms with E-state index < -0.39 is 7.60 Å². The zero-order chi connectivity index (χ0) is 8.32. The van der Waals surface area contributed by atoms with Crippen LogP contribution in [0.1, 0.15) is 0 Å². The lowest BCUT2D eigenvalue weighted by molar-refractivity contribution is 0.328. The molecule has 0 aliphatic rings. The first-order valence-corrected chi connectivity index (χ1v) is 4.69. The fourth-order valence-corrected chi connectivity index (χ4v) is 1.48. The molecule has 60 valence electrons. The first kappa shape index (κ1) is 8.47. The minimum absolute atomic E-state index is 0.322. The molecule has 0 aromatic heterocycles. The van der Waals surface area contributed by atoms with Gasteiger partial charge < -0.3 is 9.42 Å². The van der Waals surface area contributed by atoms with Crippen molar-refractivity contribution in [2.45, 2.75) is 0 Å². The highest BCUT2D eigenvalue weighted by Crippen LogP contribution is 2.38. The highest BCUT2D eigenvalue weighted by molar-refractivity contribution is 7.61. The third-order valence-electron chi connectivity index (χ3n) is 1.33. The molecule has 1 rings (SSSR count). The molecule has 1 N–H and O–H groups in total. The minimum atomic E-state index is -3.53. The van der Waals surface area contributed by atoms with Crippen molar-refractivity contribution in [3.05, 3.63) is 30.3 Å². The van der Waals surface area contributed by atoms with Gasteiger partial charge in [-0.1, -0.05) is 18.2 Å². The average molecular weight is 172 g/mol. The fourth-order valence-electron chi connectivity index (χ4n) is 0.722. The Morgan fingerprint density at radius 1 is 1.36 bits per heavy atom. The minimum Gasteiger partial charge on any atom is -0.321 e. The molecule has 11 heavy (non-hydrogen) atoms. The molecule has 0 saturated heterocycles. The van der Waals surface area contributed by atoms with Crippen molar-refractivity contribution in [2.75, 3.05) is 7.11 Å². The van der Waals surface area contributed by atoms with Crippen LogP contribution in [-0.2, 0) is 9.09 Å². The summed E-state index contributed by atoms with van der Waals surface area (Å²) >= 11 is 0. The summed E-state index contributed by atoms with van der Waals surface area (Å²) in [6.07, 6.45) is 0.